The van der Waals surface area contributed by atoms with E-state index in [2.05, 4.69) is 20.9 Å². The summed E-state index contributed by atoms with van der Waals surface area (Å²) >= 11 is 0. The summed E-state index contributed by atoms with van der Waals surface area (Å²) in [5, 5.41) is 0. The molecule has 0 N–H and O–H groups in total. The summed E-state index contributed by atoms with van der Waals surface area (Å²) in [7, 11) is 0. The van der Waals surface area contributed by atoms with Crippen LogP contribution in [-0.2, 0) is 22.6 Å². The first kappa shape index (κ1) is 16.6. The van der Waals surface area contributed by atoms with Gasteiger partial charge in [0.15, 0.2) is 0 Å². The summed E-state index contributed by atoms with van der Waals surface area (Å²) in [5.74, 6) is 0. The van der Waals surface area contributed by atoms with Crippen molar-refractivity contribution in [2.24, 2.45) is 0 Å². The molecule has 0 saturated carbocycles. The van der Waals surface area contributed by atoms with Crippen molar-refractivity contribution in [2.45, 2.75) is 50.7 Å². The molecule has 2 aliphatic heterocycles. The minimum Gasteiger partial charge on any atom is -0.372 e. The Morgan fingerprint density at radius 3 is 2.96 bits per heavy atom. The van der Waals surface area contributed by atoms with Crippen molar-refractivity contribution < 1.29 is 9.47 Å². The zero-order valence-corrected chi connectivity index (χ0v) is 14.5. The average molecular weight is 339 g/mol. The summed E-state index contributed by atoms with van der Waals surface area (Å²) < 4.78 is 12.1. The van der Waals surface area contributed by atoms with Crippen molar-refractivity contribution >= 4 is 0 Å². The van der Waals surface area contributed by atoms with Gasteiger partial charge in [0.1, 0.15) is 0 Å². The molecule has 2 aromatic heterocycles. The lowest BCUT2D eigenvalue weighted by molar-refractivity contribution is -0.102. The van der Waals surface area contributed by atoms with Crippen LogP contribution in [0.1, 0.15) is 30.5 Å². The van der Waals surface area contributed by atoms with E-state index in [0.29, 0.717) is 25.4 Å². The van der Waals surface area contributed by atoms with E-state index in [-0.39, 0.29) is 6.10 Å². The van der Waals surface area contributed by atoms with Crippen LogP contribution in [-0.4, -0.2) is 46.3 Å². The lowest BCUT2D eigenvalue weighted by Crippen LogP contribution is -2.43. The van der Waals surface area contributed by atoms with Crippen LogP contribution in [0, 0.1) is 0 Å². The molecule has 0 spiro atoms. The number of pyridine rings is 2. The van der Waals surface area contributed by atoms with E-state index in [9.17, 15) is 0 Å². The van der Waals surface area contributed by atoms with Gasteiger partial charge in [-0.05, 0) is 43.0 Å². The molecule has 0 aromatic carbocycles. The number of ether oxygens (including phenoxy) is 2. The SMILES string of the molecule is c1ccc(COC[C@H]2CC[C@H]3[C@H](CCN3Cc3cccnc3)O2)nc1. The van der Waals surface area contributed by atoms with Crippen molar-refractivity contribution in [1.82, 2.24) is 14.9 Å². The minimum absolute atomic E-state index is 0.211. The van der Waals surface area contributed by atoms with E-state index in [4.69, 9.17) is 9.47 Å². The first-order chi connectivity index (χ1) is 12.4. The molecule has 5 nitrogen and oxygen atoms in total. The van der Waals surface area contributed by atoms with Gasteiger partial charge < -0.3 is 9.47 Å². The molecule has 4 heterocycles. The second-order valence-corrected chi connectivity index (χ2v) is 6.90. The Hall–Kier alpha value is -1.82. The Morgan fingerprint density at radius 1 is 1.12 bits per heavy atom. The fourth-order valence-electron chi connectivity index (χ4n) is 3.91. The Bertz CT molecular complexity index is 653. The van der Waals surface area contributed by atoms with Gasteiger partial charge in [0, 0.05) is 37.7 Å². The monoisotopic (exact) mass is 339 g/mol. The van der Waals surface area contributed by atoms with Crippen LogP contribution in [0.4, 0.5) is 0 Å². The van der Waals surface area contributed by atoms with Gasteiger partial charge in [0.25, 0.3) is 0 Å². The smallest absolute Gasteiger partial charge is 0.0889 e. The van der Waals surface area contributed by atoms with Crippen molar-refractivity contribution in [3.63, 3.8) is 0 Å². The first-order valence-electron chi connectivity index (χ1n) is 9.14. The summed E-state index contributed by atoms with van der Waals surface area (Å²) in [5.41, 5.74) is 2.25. The molecule has 132 valence electrons. The molecule has 4 rings (SSSR count). The van der Waals surface area contributed by atoms with E-state index in [0.717, 1.165) is 31.6 Å². The fourth-order valence-corrected chi connectivity index (χ4v) is 3.91. The molecule has 2 fully saturated rings. The number of nitrogens with zero attached hydrogens (tertiary/aromatic N) is 3. The van der Waals surface area contributed by atoms with Crippen LogP contribution in [0.5, 0.6) is 0 Å². The van der Waals surface area contributed by atoms with Crippen LogP contribution in [0.25, 0.3) is 0 Å². The molecule has 0 unspecified atom stereocenters. The Balaban J connectivity index is 1.24. The second kappa shape index (κ2) is 8.04. The maximum atomic E-state index is 6.31. The van der Waals surface area contributed by atoms with Gasteiger partial charge in [0.05, 0.1) is 31.1 Å². The highest BCUT2D eigenvalue weighted by molar-refractivity contribution is 5.09. The molecule has 0 amide bonds. The fraction of sp³-hybridized carbons (Fsp3) is 0.500. The molecule has 3 atom stereocenters. The molecular formula is C20H25N3O2. The van der Waals surface area contributed by atoms with Gasteiger partial charge in [-0.1, -0.05) is 12.1 Å². The highest BCUT2D eigenvalue weighted by Gasteiger charge is 2.39. The summed E-state index contributed by atoms with van der Waals surface area (Å²) in [4.78, 5) is 11.1. The first-order valence-corrected chi connectivity index (χ1v) is 9.14. The molecule has 0 bridgehead atoms. The number of likely N-dealkylation sites (tertiary alicyclic amines) is 1. The van der Waals surface area contributed by atoms with Crippen molar-refractivity contribution in [3.05, 3.63) is 60.2 Å². The molecular weight excluding hydrogens is 314 g/mol. The zero-order valence-electron chi connectivity index (χ0n) is 14.5. The predicted molar refractivity (Wildman–Crippen MR) is 94.8 cm³/mol. The van der Waals surface area contributed by atoms with Crippen molar-refractivity contribution in [1.29, 1.82) is 0 Å². The third-order valence-electron chi connectivity index (χ3n) is 5.14. The Morgan fingerprint density at radius 2 is 2.12 bits per heavy atom. The molecule has 5 heteroatoms. The minimum atomic E-state index is 0.211. The van der Waals surface area contributed by atoms with Gasteiger partial charge in [-0.15, -0.1) is 0 Å². The summed E-state index contributed by atoms with van der Waals surface area (Å²) in [6.07, 6.45) is 9.51. The lowest BCUT2D eigenvalue weighted by Gasteiger charge is -2.36. The zero-order chi connectivity index (χ0) is 16.9. The van der Waals surface area contributed by atoms with Gasteiger partial charge in [-0.3, -0.25) is 14.9 Å². The lowest BCUT2D eigenvalue weighted by atomic mass is 9.99. The highest BCUT2D eigenvalue weighted by Crippen LogP contribution is 2.32. The van der Waals surface area contributed by atoms with Crippen LogP contribution in [0.2, 0.25) is 0 Å². The van der Waals surface area contributed by atoms with Crippen LogP contribution in [0.3, 0.4) is 0 Å². The van der Waals surface area contributed by atoms with Gasteiger partial charge in [-0.2, -0.15) is 0 Å². The van der Waals surface area contributed by atoms with E-state index in [1.807, 2.05) is 36.7 Å². The van der Waals surface area contributed by atoms with Crippen LogP contribution < -0.4 is 0 Å². The van der Waals surface area contributed by atoms with E-state index in [1.54, 1.807) is 6.20 Å². The topological polar surface area (TPSA) is 47.5 Å². The third-order valence-corrected chi connectivity index (χ3v) is 5.14. The highest BCUT2D eigenvalue weighted by atomic mass is 16.5. The normalized spacial score (nSPS) is 26.5. The predicted octanol–water partition coefficient (Wildman–Crippen LogP) is 2.82. The molecule has 2 aliphatic rings. The maximum Gasteiger partial charge on any atom is 0.0889 e. The Kier molecular flexibility index (Phi) is 5.35. The molecule has 0 aliphatic carbocycles. The molecule has 25 heavy (non-hydrogen) atoms. The van der Waals surface area contributed by atoms with Gasteiger partial charge in [-0.25, -0.2) is 0 Å². The number of rotatable bonds is 6. The van der Waals surface area contributed by atoms with Crippen LogP contribution >= 0.6 is 0 Å². The van der Waals surface area contributed by atoms with Crippen molar-refractivity contribution in [3.8, 4) is 0 Å². The largest absolute Gasteiger partial charge is 0.372 e. The standard InChI is InChI=1S/C20H25N3O2/c1-2-10-22-17(5-1)14-24-15-18-6-7-19-20(25-18)8-11-23(19)13-16-4-3-9-21-12-16/h1-5,9-10,12,18-20H,6-8,11,13-15H2/t18-,19+,20+/m1/s1. The molecule has 2 saturated heterocycles. The average Bonchev–Trinajstić information content (AvgIpc) is 3.06. The van der Waals surface area contributed by atoms with E-state index in [1.165, 1.54) is 12.0 Å². The van der Waals surface area contributed by atoms with Gasteiger partial charge >= 0.3 is 0 Å². The molecule has 0 radical (unpaired) electrons. The van der Waals surface area contributed by atoms with Crippen molar-refractivity contribution in [2.75, 3.05) is 13.2 Å². The summed E-state index contributed by atoms with van der Waals surface area (Å²) in [6.45, 7) is 3.29. The summed E-state index contributed by atoms with van der Waals surface area (Å²) in [6, 6.07) is 10.6. The number of hydrogen-bond donors (Lipinski definition) is 0. The number of fused-ring (bicyclic) bond motifs is 1. The number of hydrogen-bond acceptors (Lipinski definition) is 5. The number of aromatic nitrogens is 2. The second-order valence-electron chi connectivity index (χ2n) is 6.90. The maximum absolute atomic E-state index is 6.31. The Labute approximate surface area is 149 Å². The van der Waals surface area contributed by atoms with Gasteiger partial charge in [0.2, 0.25) is 0 Å². The van der Waals surface area contributed by atoms with Crippen LogP contribution in [0.15, 0.2) is 48.9 Å². The van der Waals surface area contributed by atoms with E-state index >= 15 is 0 Å². The molecule has 2 aromatic rings. The van der Waals surface area contributed by atoms with E-state index < -0.39 is 0 Å². The quantitative estimate of drug-likeness (QED) is 0.810. The third kappa shape index (κ3) is 4.24.